The summed E-state index contributed by atoms with van der Waals surface area (Å²) in [6.07, 6.45) is 10.4. The van der Waals surface area contributed by atoms with Gasteiger partial charge in [-0.05, 0) is 61.7 Å². The van der Waals surface area contributed by atoms with E-state index in [-0.39, 0.29) is 11.8 Å². The molecular weight excluding hydrogens is 462 g/mol. The van der Waals surface area contributed by atoms with Gasteiger partial charge in [-0.1, -0.05) is 18.6 Å². The largest absolute Gasteiger partial charge is 0.353 e. The predicted octanol–water partition coefficient (Wildman–Crippen LogP) is 6.01. The Morgan fingerprint density at radius 2 is 1.95 bits per heavy atom. The van der Waals surface area contributed by atoms with E-state index in [9.17, 15) is 4.79 Å². The Morgan fingerprint density at radius 3 is 2.76 bits per heavy atom. The van der Waals surface area contributed by atoms with Crippen molar-refractivity contribution in [1.29, 1.82) is 0 Å². The van der Waals surface area contributed by atoms with Gasteiger partial charge in [0, 0.05) is 40.2 Å². The van der Waals surface area contributed by atoms with Gasteiger partial charge in [0.05, 0.1) is 40.8 Å². The molecule has 0 bridgehead atoms. The Hall–Kier alpha value is -4.72. The highest BCUT2D eigenvalue weighted by molar-refractivity contribution is 5.99. The Kier molecular flexibility index (Phi) is 4.92. The van der Waals surface area contributed by atoms with Gasteiger partial charge < -0.3 is 14.9 Å². The first-order chi connectivity index (χ1) is 18.1. The van der Waals surface area contributed by atoms with Crippen LogP contribution in [0, 0.1) is 12.8 Å². The molecule has 0 unspecified atom stereocenters. The first-order valence-corrected chi connectivity index (χ1v) is 12.5. The van der Waals surface area contributed by atoms with E-state index in [4.69, 9.17) is 0 Å². The molecule has 0 atom stereocenters. The molecular formula is C29H25N7O. The number of fused-ring (bicyclic) bond motifs is 2. The molecule has 0 saturated heterocycles. The van der Waals surface area contributed by atoms with E-state index in [0.717, 1.165) is 80.7 Å². The summed E-state index contributed by atoms with van der Waals surface area (Å²) in [7, 11) is 0. The zero-order valence-corrected chi connectivity index (χ0v) is 20.3. The highest BCUT2D eigenvalue weighted by Gasteiger charge is 2.25. The van der Waals surface area contributed by atoms with Crippen LogP contribution in [-0.4, -0.2) is 35.6 Å². The number of nitrogens with one attached hydrogen (secondary N) is 3. The van der Waals surface area contributed by atoms with Crippen LogP contribution >= 0.6 is 0 Å². The van der Waals surface area contributed by atoms with Crippen molar-refractivity contribution < 1.29 is 4.79 Å². The van der Waals surface area contributed by atoms with E-state index in [1.54, 1.807) is 6.20 Å². The van der Waals surface area contributed by atoms with Crippen LogP contribution < -0.4 is 5.32 Å². The van der Waals surface area contributed by atoms with Crippen LogP contribution in [0.15, 0.2) is 73.4 Å². The highest BCUT2D eigenvalue weighted by atomic mass is 16.1. The highest BCUT2D eigenvalue weighted by Crippen LogP contribution is 2.34. The molecule has 1 saturated carbocycles. The lowest BCUT2D eigenvalue weighted by Gasteiger charge is -2.24. The fourth-order valence-corrected chi connectivity index (χ4v) is 5.02. The van der Waals surface area contributed by atoms with Gasteiger partial charge in [-0.2, -0.15) is 5.10 Å². The molecule has 1 aliphatic carbocycles. The van der Waals surface area contributed by atoms with E-state index in [1.165, 1.54) is 0 Å². The Morgan fingerprint density at radius 1 is 1.03 bits per heavy atom. The third-order valence-corrected chi connectivity index (χ3v) is 7.26. The third kappa shape index (κ3) is 3.78. The van der Waals surface area contributed by atoms with Gasteiger partial charge in [-0.15, -0.1) is 0 Å². The fraction of sp³-hybridized carbons (Fsp3) is 0.172. The minimum Gasteiger partial charge on any atom is -0.353 e. The Labute approximate surface area is 212 Å². The summed E-state index contributed by atoms with van der Waals surface area (Å²) in [6, 6.07) is 16.5. The van der Waals surface area contributed by atoms with Crippen LogP contribution in [-0.2, 0) is 4.79 Å². The summed E-state index contributed by atoms with van der Waals surface area (Å²) in [5.41, 5.74) is 8.47. The summed E-state index contributed by atoms with van der Waals surface area (Å²) in [4.78, 5) is 24.7. The lowest BCUT2D eigenvalue weighted by atomic mass is 9.85. The molecule has 4 heterocycles. The van der Waals surface area contributed by atoms with E-state index in [0.29, 0.717) is 0 Å². The minimum absolute atomic E-state index is 0.0850. The molecule has 0 spiro atoms. The number of nitrogens with zero attached hydrogens (tertiary/aromatic N) is 4. The van der Waals surface area contributed by atoms with Crippen molar-refractivity contribution in [2.24, 2.45) is 5.92 Å². The summed E-state index contributed by atoms with van der Waals surface area (Å²) in [5.74, 6) is 0.213. The number of H-pyrrole nitrogens is 2. The minimum atomic E-state index is 0.0850. The molecule has 3 N–H and O–H groups in total. The van der Waals surface area contributed by atoms with Crippen LogP contribution in [0.2, 0.25) is 0 Å². The van der Waals surface area contributed by atoms with Gasteiger partial charge in [0.2, 0.25) is 5.91 Å². The molecule has 37 heavy (non-hydrogen) atoms. The second-order valence-corrected chi connectivity index (χ2v) is 9.76. The molecule has 4 aromatic heterocycles. The normalized spacial score (nSPS) is 13.8. The number of aryl methyl sites for hydroxylation is 1. The molecule has 8 heteroatoms. The molecule has 0 radical (unpaired) electrons. The smallest absolute Gasteiger partial charge is 0.227 e. The van der Waals surface area contributed by atoms with Crippen molar-refractivity contribution in [1.82, 2.24) is 29.7 Å². The van der Waals surface area contributed by atoms with Crippen LogP contribution in [0.4, 0.5) is 5.69 Å². The zero-order valence-electron chi connectivity index (χ0n) is 20.3. The average molecular weight is 488 g/mol. The van der Waals surface area contributed by atoms with Gasteiger partial charge in [-0.25, -0.2) is 4.98 Å². The van der Waals surface area contributed by atoms with Crippen LogP contribution in [0.5, 0.6) is 0 Å². The maximum Gasteiger partial charge on any atom is 0.227 e. The van der Waals surface area contributed by atoms with E-state index >= 15 is 0 Å². The third-order valence-electron chi connectivity index (χ3n) is 7.26. The second kappa shape index (κ2) is 8.44. The number of amides is 1. The van der Waals surface area contributed by atoms with Crippen molar-refractivity contribution in [3.63, 3.8) is 0 Å². The molecule has 0 aliphatic heterocycles. The fourth-order valence-electron chi connectivity index (χ4n) is 5.02. The van der Waals surface area contributed by atoms with E-state index in [2.05, 4.69) is 54.7 Å². The molecule has 1 aliphatic rings. The summed E-state index contributed by atoms with van der Waals surface area (Å²) in [6.45, 7) is 1.99. The molecule has 7 rings (SSSR count). The number of benzene rings is 2. The maximum absolute atomic E-state index is 12.4. The average Bonchev–Trinajstić information content (AvgIpc) is 3.60. The van der Waals surface area contributed by atoms with Crippen molar-refractivity contribution in [2.75, 3.05) is 5.32 Å². The number of imidazole rings is 1. The number of carbonyl (C=O) groups is 1. The zero-order chi connectivity index (χ0) is 24.9. The van der Waals surface area contributed by atoms with E-state index in [1.807, 2.05) is 54.5 Å². The van der Waals surface area contributed by atoms with Gasteiger partial charge in [0.15, 0.2) is 0 Å². The SMILES string of the molecule is Cc1cn(-c2cccc3[nH]c(-c4n[nH]c5ccc(-c6cncc(NC(=O)C7CCC7)c6)cc45)cc23)cn1. The van der Waals surface area contributed by atoms with E-state index < -0.39 is 0 Å². The topological polar surface area (TPSA) is 104 Å². The number of carbonyl (C=O) groups excluding carboxylic acids is 1. The van der Waals surface area contributed by atoms with Crippen LogP contribution in [0.1, 0.15) is 25.0 Å². The first-order valence-electron chi connectivity index (χ1n) is 12.5. The predicted molar refractivity (Wildman–Crippen MR) is 144 cm³/mol. The molecule has 1 fully saturated rings. The number of pyridine rings is 1. The van der Waals surface area contributed by atoms with Crippen LogP contribution in [0.25, 0.3) is 50.0 Å². The van der Waals surface area contributed by atoms with Crippen molar-refractivity contribution in [3.05, 3.63) is 79.1 Å². The Balaban J connectivity index is 1.26. The summed E-state index contributed by atoms with van der Waals surface area (Å²) >= 11 is 0. The number of hydrogen-bond donors (Lipinski definition) is 3. The molecule has 2 aromatic carbocycles. The molecule has 8 nitrogen and oxygen atoms in total. The number of anilines is 1. The van der Waals surface area contributed by atoms with Gasteiger partial charge in [0.25, 0.3) is 0 Å². The number of hydrogen-bond acceptors (Lipinski definition) is 4. The second-order valence-electron chi connectivity index (χ2n) is 9.76. The van der Waals surface area contributed by atoms with Gasteiger partial charge in [0.1, 0.15) is 5.69 Å². The van der Waals surface area contributed by atoms with Crippen LogP contribution in [0.3, 0.4) is 0 Å². The molecule has 182 valence electrons. The molecule has 6 aromatic rings. The standard InChI is InChI=1S/C29H25N7O/c1-17-15-36(16-31-17)27-7-3-6-24-22(27)12-26(33-24)28-23-11-19(8-9-25(23)34-35-28)20-10-21(14-30-13-20)32-29(37)18-4-2-5-18/h3,6-16,18,33H,2,4-5H2,1H3,(H,32,37)(H,34,35). The van der Waals surface area contributed by atoms with Crippen molar-refractivity contribution in [2.45, 2.75) is 26.2 Å². The lowest BCUT2D eigenvalue weighted by Crippen LogP contribution is -2.28. The summed E-state index contributed by atoms with van der Waals surface area (Å²) < 4.78 is 2.04. The lowest BCUT2D eigenvalue weighted by molar-refractivity contribution is -0.122. The quantitative estimate of drug-likeness (QED) is 0.277. The molecule has 1 amide bonds. The number of aromatic amines is 2. The van der Waals surface area contributed by atoms with Crippen molar-refractivity contribution >= 4 is 33.4 Å². The van der Waals surface area contributed by atoms with Crippen molar-refractivity contribution in [3.8, 4) is 28.2 Å². The maximum atomic E-state index is 12.4. The van der Waals surface area contributed by atoms with Gasteiger partial charge >= 0.3 is 0 Å². The first kappa shape index (κ1) is 21.6. The van der Waals surface area contributed by atoms with Gasteiger partial charge in [-0.3, -0.25) is 14.9 Å². The summed E-state index contributed by atoms with van der Waals surface area (Å²) in [5, 5.41) is 12.9. The monoisotopic (exact) mass is 487 g/mol. The Bertz CT molecular complexity index is 1790. The number of rotatable bonds is 5. The number of aromatic nitrogens is 6.